The molecule has 0 amide bonds. The number of alkyl halides is 3. The van der Waals surface area contributed by atoms with Crippen LogP contribution >= 0.6 is 27.5 Å². The highest BCUT2D eigenvalue weighted by molar-refractivity contribution is 9.09. The molecule has 1 unspecified atom stereocenters. The Balaban J connectivity index is 1.61. The molecule has 0 bridgehead atoms. The average molecular weight is 584 g/mol. The molecule has 1 fully saturated rings. The number of nitrogens with zero attached hydrogens (tertiary/aromatic N) is 6. The fraction of sp³-hybridized carbons (Fsp3) is 0.304. The minimum atomic E-state index is -3.33. The van der Waals surface area contributed by atoms with E-state index < -0.39 is 16.9 Å². The van der Waals surface area contributed by atoms with Crippen molar-refractivity contribution in [2.45, 2.75) is 18.0 Å². The highest BCUT2D eigenvalue weighted by atomic mass is 79.9. The predicted molar refractivity (Wildman–Crippen MR) is 132 cm³/mol. The molecule has 1 atom stereocenters. The Hall–Kier alpha value is -2.96. The fourth-order valence-corrected chi connectivity index (χ4v) is 4.47. The van der Waals surface area contributed by atoms with Crippen LogP contribution in [0.25, 0.3) is 22.2 Å². The van der Waals surface area contributed by atoms with Gasteiger partial charge < -0.3 is 9.64 Å². The first-order chi connectivity index (χ1) is 17.0. The third-order valence-electron chi connectivity index (χ3n) is 6.08. The van der Waals surface area contributed by atoms with Crippen molar-refractivity contribution < 1.29 is 17.9 Å². The number of pyridine rings is 1. The number of benzene rings is 1. The van der Waals surface area contributed by atoms with Crippen LogP contribution < -0.4 is 10.5 Å². The highest BCUT2D eigenvalue weighted by Gasteiger charge is 2.31. The number of fused-ring (bicyclic) bond motifs is 1. The van der Waals surface area contributed by atoms with Crippen molar-refractivity contribution in [1.29, 1.82) is 0 Å². The largest absolute Gasteiger partial charge is 0.400 e. The van der Waals surface area contributed by atoms with Gasteiger partial charge in [-0.1, -0.05) is 11.6 Å². The number of aryl methyl sites for hydroxylation is 1. The number of anilines is 1. The molecule has 8 nitrogen and oxygen atoms in total. The second-order valence-corrected chi connectivity index (χ2v) is 9.75. The topological polar surface area (TPSA) is 78.1 Å². The van der Waals surface area contributed by atoms with E-state index in [0.29, 0.717) is 33.9 Å². The van der Waals surface area contributed by atoms with Gasteiger partial charge in [0, 0.05) is 64.5 Å². The molecule has 13 heteroatoms. The van der Waals surface area contributed by atoms with Crippen molar-refractivity contribution in [3.63, 3.8) is 0 Å². The van der Waals surface area contributed by atoms with Crippen LogP contribution in [0.3, 0.4) is 0 Å². The molecule has 1 saturated heterocycles. The predicted octanol–water partition coefficient (Wildman–Crippen LogP) is 4.77. The van der Waals surface area contributed by atoms with E-state index in [0.717, 1.165) is 6.07 Å². The maximum atomic E-state index is 15.0. The van der Waals surface area contributed by atoms with Crippen LogP contribution in [-0.4, -0.2) is 44.0 Å². The van der Waals surface area contributed by atoms with Gasteiger partial charge in [0.25, 0.3) is 5.56 Å². The molecule has 0 saturated carbocycles. The number of aromatic nitrogens is 5. The van der Waals surface area contributed by atoms with E-state index >= 15 is 0 Å². The van der Waals surface area contributed by atoms with Crippen LogP contribution in [0.1, 0.15) is 17.5 Å². The molecule has 1 aliphatic heterocycles. The van der Waals surface area contributed by atoms with Gasteiger partial charge in [0.1, 0.15) is 23.6 Å². The Bertz CT molecular complexity index is 1540. The number of rotatable bonds is 4. The molecular formula is C23H19BrClF3N6O2. The molecule has 5 rings (SSSR count). The first kappa shape index (κ1) is 24.7. The molecule has 4 aromatic rings. The van der Waals surface area contributed by atoms with Crippen LogP contribution in [0.2, 0.25) is 5.02 Å². The van der Waals surface area contributed by atoms with E-state index in [9.17, 15) is 18.0 Å². The zero-order valence-electron chi connectivity index (χ0n) is 19.1. The van der Waals surface area contributed by atoms with Crippen molar-refractivity contribution in [3.8, 4) is 11.3 Å². The van der Waals surface area contributed by atoms with Crippen LogP contribution in [0.4, 0.5) is 19.0 Å². The number of hydrogen-bond donors (Lipinski definition) is 0. The molecule has 36 heavy (non-hydrogen) atoms. The summed E-state index contributed by atoms with van der Waals surface area (Å²) in [5.74, 6) is 0.299. The van der Waals surface area contributed by atoms with Gasteiger partial charge >= 0.3 is 4.96 Å². The smallest absolute Gasteiger partial charge is 0.370 e. The van der Waals surface area contributed by atoms with Crippen LogP contribution in [-0.2, 0) is 16.7 Å². The second-order valence-electron chi connectivity index (χ2n) is 8.36. The van der Waals surface area contributed by atoms with Crippen molar-refractivity contribution in [2.24, 2.45) is 7.05 Å². The number of ether oxygens (including phenoxy) is 1. The van der Waals surface area contributed by atoms with E-state index in [-0.39, 0.29) is 40.4 Å². The summed E-state index contributed by atoms with van der Waals surface area (Å²) >= 11 is 8.23. The van der Waals surface area contributed by atoms with E-state index in [4.69, 9.17) is 16.3 Å². The minimum absolute atomic E-state index is 0.111. The van der Waals surface area contributed by atoms with Gasteiger partial charge in [-0.15, -0.1) is 0 Å². The van der Waals surface area contributed by atoms with E-state index in [1.54, 1.807) is 20.0 Å². The summed E-state index contributed by atoms with van der Waals surface area (Å²) in [5, 5.41) is 4.10. The lowest BCUT2D eigenvalue weighted by Crippen LogP contribution is -2.39. The monoisotopic (exact) mass is 582 g/mol. The number of hydrogen-bond acceptors (Lipinski definition) is 6. The normalized spacial score (nSPS) is 16.6. The Kier molecular flexibility index (Phi) is 6.29. The maximum Gasteiger partial charge on any atom is 0.400 e. The Morgan fingerprint density at radius 1 is 1.25 bits per heavy atom. The van der Waals surface area contributed by atoms with E-state index in [1.165, 1.54) is 29.1 Å². The summed E-state index contributed by atoms with van der Waals surface area (Å²) in [6, 6.07) is 5.82. The summed E-state index contributed by atoms with van der Waals surface area (Å²) < 4.78 is 49.8. The lowest BCUT2D eigenvalue weighted by molar-refractivity contribution is 0.0185. The van der Waals surface area contributed by atoms with Gasteiger partial charge in [-0.3, -0.25) is 9.36 Å². The van der Waals surface area contributed by atoms with Gasteiger partial charge in [0.05, 0.1) is 29.4 Å². The summed E-state index contributed by atoms with van der Waals surface area (Å²) in [6.45, 7) is 2.69. The first-order valence-electron chi connectivity index (χ1n) is 10.8. The molecule has 188 valence electrons. The Labute approximate surface area is 216 Å². The second kappa shape index (κ2) is 9.16. The highest BCUT2D eigenvalue weighted by Crippen LogP contribution is 2.34. The van der Waals surface area contributed by atoms with Crippen molar-refractivity contribution in [1.82, 2.24) is 24.3 Å². The lowest BCUT2D eigenvalue weighted by atomic mass is 10.1. The summed E-state index contributed by atoms with van der Waals surface area (Å²) in [6.07, 6.45) is 1.97. The zero-order chi connectivity index (χ0) is 25.8. The van der Waals surface area contributed by atoms with Crippen molar-refractivity contribution >= 4 is 44.3 Å². The number of morpholine rings is 1. The zero-order valence-corrected chi connectivity index (χ0v) is 21.4. The third kappa shape index (κ3) is 4.48. The fourth-order valence-electron chi connectivity index (χ4n) is 4.12. The summed E-state index contributed by atoms with van der Waals surface area (Å²) in [4.78, 5) is 20.9. The van der Waals surface area contributed by atoms with E-state index in [1.807, 2.05) is 4.90 Å². The number of halogens is 5. The third-order valence-corrected chi connectivity index (χ3v) is 6.68. The van der Waals surface area contributed by atoms with E-state index in [2.05, 4.69) is 31.0 Å². The van der Waals surface area contributed by atoms with Gasteiger partial charge in [0.2, 0.25) is 0 Å². The Morgan fingerprint density at radius 2 is 2.03 bits per heavy atom. The first-order valence-corrected chi connectivity index (χ1v) is 12.0. The van der Waals surface area contributed by atoms with Gasteiger partial charge in [-0.05, 0) is 25.1 Å². The quantitative estimate of drug-likeness (QED) is 0.322. The average Bonchev–Trinajstić information content (AvgIpc) is 3.33. The van der Waals surface area contributed by atoms with Crippen LogP contribution in [0, 0.1) is 12.7 Å². The van der Waals surface area contributed by atoms with Gasteiger partial charge in [0.15, 0.2) is 0 Å². The lowest BCUT2D eigenvalue weighted by Gasteiger charge is -2.33. The molecule has 4 heterocycles. The van der Waals surface area contributed by atoms with Crippen LogP contribution in [0.15, 0.2) is 41.5 Å². The molecule has 0 radical (unpaired) electrons. The van der Waals surface area contributed by atoms with Gasteiger partial charge in [-0.2, -0.15) is 18.6 Å². The maximum absolute atomic E-state index is 15.0. The molecule has 1 aliphatic rings. The standard InChI is InChI=1S/C23H19BrClF3N6O2/c1-12-30-17-8-19(33-5-6-36-18(11-33)13-9-29-34(10-13)23(24,27)28)31-21(20(17)22(35)32(12)2)15-4-3-14(25)7-16(15)26/h3-4,7-10,18H,5-6,11H2,1-2H3. The molecule has 0 N–H and O–H groups in total. The molecule has 1 aromatic carbocycles. The summed E-state index contributed by atoms with van der Waals surface area (Å²) in [5.41, 5.74) is 0.717. The SMILES string of the molecule is Cc1nc2cc(N3CCOC(c4cnn(C(F)(F)Br)c4)C3)nc(-c3ccc(Cl)cc3F)c2c(=O)n1C. The summed E-state index contributed by atoms with van der Waals surface area (Å²) in [7, 11) is 1.59. The molecule has 0 spiro atoms. The molecular weight excluding hydrogens is 565 g/mol. The molecule has 0 aliphatic carbocycles. The molecule has 3 aromatic heterocycles. The van der Waals surface area contributed by atoms with Crippen molar-refractivity contribution in [3.05, 3.63) is 69.2 Å². The van der Waals surface area contributed by atoms with Crippen molar-refractivity contribution in [2.75, 3.05) is 24.6 Å². The minimum Gasteiger partial charge on any atom is -0.370 e. The van der Waals surface area contributed by atoms with Gasteiger partial charge in [-0.25, -0.2) is 14.4 Å². The van der Waals surface area contributed by atoms with Crippen LogP contribution in [0.5, 0.6) is 0 Å². The Morgan fingerprint density at radius 3 is 2.72 bits per heavy atom.